The highest BCUT2D eigenvalue weighted by atomic mass is 16.5. The second kappa shape index (κ2) is 7.91. The van der Waals surface area contributed by atoms with E-state index in [1.54, 1.807) is 7.11 Å². The van der Waals surface area contributed by atoms with Crippen LogP contribution in [0.1, 0.15) is 37.1 Å². The molecule has 0 radical (unpaired) electrons. The van der Waals surface area contributed by atoms with E-state index in [9.17, 15) is 0 Å². The van der Waals surface area contributed by atoms with E-state index >= 15 is 0 Å². The van der Waals surface area contributed by atoms with Gasteiger partial charge in [0.15, 0.2) is 5.82 Å². The van der Waals surface area contributed by atoms with Gasteiger partial charge in [0.1, 0.15) is 5.75 Å². The molecule has 0 spiro atoms. The molecule has 0 unspecified atom stereocenters. The average Bonchev–Trinajstić information content (AvgIpc) is 3.54. The van der Waals surface area contributed by atoms with E-state index < -0.39 is 0 Å². The molecule has 2 aromatic carbocycles. The molecule has 4 aromatic rings. The summed E-state index contributed by atoms with van der Waals surface area (Å²) in [6, 6.07) is 16.3. The molecule has 0 amide bonds. The van der Waals surface area contributed by atoms with Gasteiger partial charge in [-0.15, -0.1) is 5.10 Å². The van der Waals surface area contributed by atoms with Gasteiger partial charge in [-0.3, -0.25) is 0 Å². The predicted molar refractivity (Wildman–Crippen MR) is 116 cm³/mol. The van der Waals surface area contributed by atoms with Gasteiger partial charge in [-0.1, -0.05) is 31.0 Å². The molecule has 1 saturated carbocycles. The molecule has 0 aliphatic heterocycles. The summed E-state index contributed by atoms with van der Waals surface area (Å²) in [5.74, 6) is 1.71. The molecule has 0 bridgehead atoms. The van der Waals surface area contributed by atoms with Crippen LogP contribution in [0.3, 0.4) is 0 Å². The third-order valence-electron chi connectivity index (χ3n) is 6.20. The van der Waals surface area contributed by atoms with Crippen molar-refractivity contribution >= 4 is 10.9 Å². The Hall–Kier alpha value is -3.19. The Morgan fingerprint density at radius 1 is 1.10 bits per heavy atom. The molecule has 5 rings (SSSR count). The van der Waals surface area contributed by atoms with Crippen LogP contribution in [0, 0.1) is 0 Å². The average molecular weight is 403 g/mol. The summed E-state index contributed by atoms with van der Waals surface area (Å²) in [4.78, 5) is 3.37. The maximum Gasteiger partial charge on any atom is 0.176 e. The minimum absolute atomic E-state index is 0.199. The number of fused-ring (bicyclic) bond motifs is 1. The number of hydrogen-bond donors (Lipinski definition) is 2. The quantitative estimate of drug-likeness (QED) is 0.492. The Labute approximate surface area is 175 Å². The first-order valence-electron chi connectivity index (χ1n) is 10.5. The summed E-state index contributed by atoms with van der Waals surface area (Å²) >= 11 is 0. The van der Waals surface area contributed by atoms with Crippen LogP contribution >= 0.6 is 0 Å². The van der Waals surface area contributed by atoms with Gasteiger partial charge in [-0.25, -0.2) is 0 Å². The number of nitrogens with zero attached hydrogens (tertiary/aromatic N) is 4. The number of para-hydroxylation sites is 1. The van der Waals surface area contributed by atoms with Crippen LogP contribution < -0.4 is 10.1 Å². The van der Waals surface area contributed by atoms with Crippen LogP contribution in [0.2, 0.25) is 0 Å². The molecule has 154 valence electrons. The third-order valence-corrected chi connectivity index (χ3v) is 6.20. The predicted octanol–water partition coefficient (Wildman–Crippen LogP) is 3.75. The number of ether oxygens (including phenoxy) is 1. The van der Waals surface area contributed by atoms with Crippen molar-refractivity contribution in [3.8, 4) is 11.4 Å². The van der Waals surface area contributed by atoms with E-state index in [-0.39, 0.29) is 5.54 Å². The van der Waals surface area contributed by atoms with Crippen molar-refractivity contribution in [2.45, 2.75) is 37.6 Å². The molecule has 0 atom stereocenters. The maximum atomic E-state index is 5.28. The minimum atomic E-state index is -0.199. The maximum absolute atomic E-state index is 5.28. The Bertz CT molecular complexity index is 1120. The monoisotopic (exact) mass is 402 g/mol. The number of aromatic nitrogens is 5. The topological polar surface area (TPSA) is 80.7 Å². The van der Waals surface area contributed by atoms with Crippen LogP contribution in [-0.4, -0.2) is 38.8 Å². The number of methoxy groups -OCH3 is 1. The Balaban J connectivity index is 1.38. The van der Waals surface area contributed by atoms with Gasteiger partial charge in [-0.05, 0) is 65.6 Å². The minimum Gasteiger partial charge on any atom is -0.497 e. The van der Waals surface area contributed by atoms with Crippen LogP contribution in [0.4, 0.5) is 0 Å². The van der Waals surface area contributed by atoms with Crippen LogP contribution in [0.25, 0.3) is 16.6 Å². The third kappa shape index (κ3) is 3.35. The van der Waals surface area contributed by atoms with E-state index in [2.05, 4.69) is 56.3 Å². The molecule has 7 heteroatoms. The zero-order chi connectivity index (χ0) is 20.4. The van der Waals surface area contributed by atoms with Crippen molar-refractivity contribution in [1.29, 1.82) is 0 Å². The van der Waals surface area contributed by atoms with Crippen molar-refractivity contribution < 1.29 is 4.74 Å². The van der Waals surface area contributed by atoms with Gasteiger partial charge in [0, 0.05) is 23.6 Å². The van der Waals surface area contributed by atoms with Gasteiger partial charge in [0.05, 0.1) is 18.3 Å². The number of rotatable bonds is 7. The van der Waals surface area contributed by atoms with Gasteiger partial charge < -0.3 is 15.0 Å². The van der Waals surface area contributed by atoms with Gasteiger partial charge in [-0.2, -0.15) is 4.68 Å². The number of benzene rings is 2. The molecular weight excluding hydrogens is 376 g/mol. The van der Waals surface area contributed by atoms with E-state index in [1.165, 1.54) is 29.3 Å². The number of hydrogen-bond acceptors (Lipinski definition) is 5. The zero-order valence-corrected chi connectivity index (χ0v) is 17.1. The summed E-state index contributed by atoms with van der Waals surface area (Å²) in [5, 5.41) is 17.9. The summed E-state index contributed by atoms with van der Waals surface area (Å²) in [5.41, 5.74) is 3.27. The fraction of sp³-hybridized carbons (Fsp3) is 0.348. The smallest absolute Gasteiger partial charge is 0.176 e. The van der Waals surface area contributed by atoms with Crippen molar-refractivity contribution in [3.63, 3.8) is 0 Å². The molecule has 2 N–H and O–H groups in total. The van der Waals surface area contributed by atoms with Gasteiger partial charge in [0.2, 0.25) is 0 Å². The molecule has 1 aliphatic rings. The Morgan fingerprint density at radius 2 is 1.90 bits per heavy atom. The van der Waals surface area contributed by atoms with Gasteiger partial charge >= 0.3 is 0 Å². The summed E-state index contributed by atoms with van der Waals surface area (Å²) in [6.07, 6.45) is 7.50. The van der Waals surface area contributed by atoms with Gasteiger partial charge in [0.25, 0.3) is 0 Å². The molecule has 7 nitrogen and oxygen atoms in total. The highest BCUT2D eigenvalue weighted by molar-refractivity contribution is 5.83. The highest BCUT2D eigenvalue weighted by Crippen LogP contribution is 2.38. The molecular formula is C23H26N6O. The molecule has 1 aliphatic carbocycles. The molecule has 0 saturated heterocycles. The molecule has 1 fully saturated rings. The van der Waals surface area contributed by atoms with Crippen LogP contribution in [0.5, 0.6) is 5.75 Å². The van der Waals surface area contributed by atoms with E-state index in [0.717, 1.165) is 43.1 Å². The summed E-state index contributed by atoms with van der Waals surface area (Å²) < 4.78 is 7.14. The van der Waals surface area contributed by atoms with Crippen molar-refractivity contribution in [2.24, 2.45) is 0 Å². The number of nitrogens with one attached hydrogen (secondary N) is 2. The Morgan fingerprint density at radius 3 is 2.70 bits per heavy atom. The lowest BCUT2D eigenvalue weighted by Crippen LogP contribution is -2.43. The van der Waals surface area contributed by atoms with E-state index in [1.807, 2.05) is 28.9 Å². The first kappa shape index (κ1) is 18.8. The second-order valence-electron chi connectivity index (χ2n) is 7.94. The summed E-state index contributed by atoms with van der Waals surface area (Å²) in [7, 11) is 1.67. The lowest BCUT2D eigenvalue weighted by Gasteiger charge is -2.29. The fourth-order valence-electron chi connectivity index (χ4n) is 4.62. The lowest BCUT2D eigenvalue weighted by atomic mass is 9.95. The number of H-pyrrole nitrogens is 1. The molecule has 2 aromatic heterocycles. The summed E-state index contributed by atoms with van der Waals surface area (Å²) in [6.45, 7) is 0.872. The first-order chi connectivity index (χ1) is 14.8. The standard InChI is InChI=1S/C23H26N6O/c1-30-19-10-8-18(9-11-19)29-22(26-27-28-29)23(13-4-5-14-23)25-15-12-17-16-24-21-7-3-2-6-20(17)21/h2-3,6-11,16,24-25H,4-5,12-15H2,1H3. The zero-order valence-electron chi connectivity index (χ0n) is 17.1. The first-order valence-corrected chi connectivity index (χ1v) is 10.5. The second-order valence-corrected chi connectivity index (χ2v) is 7.94. The number of aromatic amines is 1. The van der Waals surface area contributed by atoms with E-state index in [0.29, 0.717) is 0 Å². The molecule has 2 heterocycles. The largest absolute Gasteiger partial charge is 0.497 e. The van der Waals surface area contributed by atoms with Crippen LogP contribution in [-0.2, 0) is 12.0 Å². The Kier molecular flexibility index (Phi) is 4.96. The normalized spacial score (nSPS) is 15.6. The highest BCUT2D eigenvalue weighted by Gasteiger charge is 2.40. The van der Waals surface area contributed by atoms with E-state index in [4.69, 9.17) is 4.74 Å². The number of tetrazole rings is 1. The van der Waals surface area contributed by atoms with Crippen molar-refractivity contribution in [2.75, 3.05) is 13.7 Å². The van der Waals surface area contributed by atoms with Crippen molar-refractivity contribution in [1.82, 2.24) is 30.5 Å². The van der Waals surface area contributed by atoms with Crippen molar-refractivity contribution in [3.05, 3.63) is 66.1 Å². The lowest BCUT2D eigenvalue weighted by molar-refractivity contribution is 0.317. The SMILES string of the molecule is COc1ccc(-n2nnnc2C2(NCCc3c[nH]c4ccccc34)CCCC2)cc1. The van der Waals surface area contributed by atoms with Crippen LogP contribution in [0.15, 0.2) is 54.7 Å². The molecule has 30 heavy (non-hydrogen) atoms. The fourth-order valence-corrected chi connectivity index (χ4v) is 4.62.